The number of aryl methyl sites for hydroxylation is 3. The molecule has 0 aliphatic carbocycles. The van der Waals surface area contributed by atoms with Crippen LogP contribution in [0.4, 0.5) is 0 Å². The van der Waals surface area contributed by atoms with Gasteiger partial charge >= 0.3 is 5.69 Å². The van der Waals surface area contributed by atoms with Crippen molar-refractivity contribution in [2.75, 3.05) is 0 Å². The van der Waals surface area contributed by atoms with Gasteiger partial charge in [0.1, 0.15) is 12.4 Å². The van der Waals surface area contributed by atoms with Crippen molar-refractivity contribution in [2.24, 2.45) is 7.05 Å². The van der Waals surface area contributed by atoms with E-state index < -0.39 is 0 Å². The number of benzene rings is 2. The third-order valence-corrected chi connectivity index (χ3v) is 3.96. The molecule has 3 rings (SSSR count). The molecule has 0 saturated heterocycles. The lowest BCUT2D eigenvalue weighted by Crippen LogP contribution is -2.23. The van der Waals surface area contributed by atoms with Gasteiger partial charge in [0.15, 0.2) is 0 Å². The maximum atomic E-state index is 12.2. The molecule has 0 fully saturated rings. The molecule has 6 heteroatoms. The first-order chi connectivity index (χ1) is 12.0. The Bertz CT molecular complexity index is 1020. The van der Waals surface area contributed by atoms with Gasteiger partial charge in [-0.1, -0.05) is 29.7 Å². The Morgan fingerprint density at radius 3 is 2.64 bits per heavy atom. The van der Waals surface area contributed by atoms with Crippen LogP contribution in [0, 0.1) is 26.2 Å². The lowest BCUT2D eigenvalue weighted by Gasteiger charge is -2.14. The Kier molecular flexibility index (Phi) is 4.40. The van der Waals surface area contributed by atoms with E-state index in [1.165, 1.54) is 10.2 Å². The maximum Gasteiger partial charge on any atom is 0.368 e. The highest BCUT2D eigenvalue weighted by molar-refractivity contribution is 5.51. The standard InChI is InChI=1S/C19H18N4O2/c1-5-15-7-6-8-17(23-19(24)22(4)20-21-23)16(15)12-25-18-10-9-13(2)11-14(18)3/h1,6-11H,12H2,2-4H3. The molecule has 126 valence electrons. The van der Waals surface area contributed by atoms with Crippen LogP contribution in [0.15, 0.2) is 41.2 Å². The molecule has 0 amide bonds. The van der Waals surface area contributed by atoms with Crippen molar-refractivity contribution in [3.8, 4) is 23.8 Å². The number of hydrogen-bond acceptors (Lipinski definition) is 4. The van der Waals surface area contributed by atoms with Crippen molar-refractivity contribution in [3.05, 3.63) is 69.1 Å². The Morgan fingerprint density at radius 1 is 1.20 bits per heavy atom. The molecule has 0 radical (unpaired) electrons. The van der Waals surface area contributed by atoms with Crippen LogP contribution < -0.4 is 10.4 Å². The first-order valence-electron chi connectivity index (χ1n) is 7.79. The summed E-state index contributed by atoms with van der Waals surface area (Å²) in [4.78, 5) is 12.2. The van der Waals surface area contributed by atoms with Gasteiger partial charge in [-0.2, -0.15) is 9.36 Å². The molecular weight excluding hydrogens is 316 g/mol. The number of tetrazole rings is 1. The summed E-state index contributed by atoms with van der Waals surface area (Å²) < 4.78 is 8.35. The van der Waals surface area contributed by atoms with E-state index in [0.717, 1.165) is 16.0 Å². The molecule has 6 nitrogen and oxygen atoms in total. The molecule has 2 aromatic carbocycles. The largest absolute Gasteiger partial charge is 0.489 e. The highest BCUT2D eigenvalue weighted by Gasteiger charge is 2.15. The predicted octanol–water partition coefficient (Wildman–Crippen LogP) is 2.14. The molecule has 1 heterocycles. The first kappa shape index (κ1) is 16.5. The summed E-state index contributed by atoms with van der Waals surface area (Å²) in [5, 5.41) is 7.65. The number of rotatable bonds is 4. The van der Waals surface area contributed by atoms with Crippen LogP contribution in [0.1, 0.15) is 22.3 Å². The van der Waals surface area contributed by atoms with E-state index in [9.17, 15) is 4.79 Å². The lowest BCUT2D eigenvalue weighted by molar-refractivity contribution is 0.303. The average molecular weight is 334 g/mol. The van der Waals surface area contributed by atoms with Gasteiger partial charge in [0.2, 0.25) is 0 Å². The van der Waals surface area contributed by atoms with Crippen LogP contribution >= 0.6 is 0 Å². The van der Waals surface area contributed by atoms with Crippen LogP contribution in [0.2, 0.25) is 0 Å². The molecule has 0 unspecified atom stereocenters. The highest BCUT2D eigenvalue weighted by Crippen LogP contribution is 2.23. The van der Waals surface area contributed by atoms with E-state index in [2.05, 4.69) is 22.4 Å². The highest BCUT2D eigenvalue weighted by atomic mass is 16.5. The molecule has 25 heavy (non-hydrogen) atoms. The molecule has 0 N–H and O–H groups in total. The summed E-state index contributed by atoms with van der Waals surface area (Å²) in [5.74, 6) is 3.41. The monoisotopic (exact) mass is 334 g/mol. The molecule has 0 aliphatic rings. The third-order valence-electron chi connectivity index (χ3n) is 3.96. The summed E-state index contributed by atoms with van der Waals surface area (Å²) in [6, 6.07) is 11.3. The van der Waals surface area contributed by atoms with E-state index in [1.807, 2.05) is 32.0 Å². The fraction of sp³-hybridized carbons (Fsp3) is 0.211. The van der Waals surface area contributed by atoms with Gasteiger partial charge in [-0.05, 0) is 48.0 Å². The van der Waals surface area contributed by atoms with Gasteiger partial charge in [0.05, 0.1) is 5.69 Å². The average Bonchev–Trinajstić information content (AvgIpc) is 2.93. The summed E-state index contributed by atoms with van der Waals surface area (Å²) in [7, 11) is 1.54. The van der Waals surface area contributed by atoms with Gasteiger partial charge in [-0.25, -0.2) is 4.79 Å². The second-order valence-corrected chi connectivity index (χ2v) is 5.80. The molecule has 0 spiro atoms. The summed E-state index contributed by atoms with van der Waals surface area (Å²) in [5.41, 5.74) is 3.80. The van der Waals surface area contributed by atoms with Gasteiger partial charge < -0.3 is 4.74 Å². The Morgan fingerprint density at radius 2 is 2.00 bits per heavy atom. The van der Waals surface area contributed by atoms with Crippen LogP contribution in [0.5, 0.6) is 5.75 Å². The SMILES string of the molecule is C#Cc1cccc(-n2nnn(C)c2=O)c1COc1ccc(C)cc1C. The smallest absolute Gasteiger partial charge is 0.368 e. The topological polar surface area (TPSA) is 61.9 Å². The van der Waals surface area contributed by atoms with E-state index >= 15 is 0 Å². The van der Waals surface area contributed by atoms with Gasteiger partial charge in [0, 0.05) is 18.2 Å². The molecule has 1 aromatic heterocycles. The fourth-order valence-corrected chi connectivity index (χ4v) is 2.64. The Labute approximate surface area is 145 Å². The summed E-state index contributed by atoms with van der Waals surface area (Å²) in [6.45, 7) is 4.25. The lowest BCUT2D eigenvalue weighted by atomic mass is 10.1. The molecule has 0 atom stereocenters. The first-order valence-corrected chi connectivity index (χ1v) is 7.79. The minimum absolute atomic E-state index is 0.225. The third kappa shape index (κ3) is 3.17. The fourth-order valence-electron chi connectivity index (χ4n) is 2.64. The van der Waals surface area contributed by atoms with Crippen molar-refractivity contribution in [1.82, 2.24) is 19.8 Å². The van der Waals surface area contributed by atoms with E-state index in [4.69, 9.17) is 11.2 Å². The molecule has 0 aliphatic heterocycles. The zero-order chi connectivity index (χ0) is 18.0. The zero-order valence-corrected chi connectivity index (χ0v) is 14.4. The van der Waals surface area contributed by atoms with Crippen LogP contribution in [-0.4, -0.2) is 19.8 Å². The number of terminal acetylenes is 1. The number of ether oxygens (including phenoxy) is 1. The van der Waals surface area contributed by atoms with Crippen molar-refractivity contribution < 1.29 is 4.74 Å². The second kappa shape index (κ2) is 6.65. The van der Waals surface area contributed by atoms with Crippen LogP contribution in [0.3, 0.4) is 0 Å². The van der Waals surface area contributed by atoms with E-state index in [1.54, 1.807) is 19.2 Å². The van der Waals surface area contributed by atoms with Crippen LogP contribution in [-0.2, 0) is 13.7 Å². The number of hydrogen-bond donors (Lipinski definition) is 0. The zero-order valence-electron chi connectivity index (χ0n) is 14.4. The minimum Gasteiger partial charge on any atom is -0.489 e. The van der Waals surface area contributed by atoms with Gasteiger partial charge in [-0.3, -0.25) is 0 Å². The predicted molar refractivity (Wildman–Crippen MR) is 94.8 cm³/mol. The number of aromatic nitrogens is 4. The van der Waals surface area contributed by atoms with E-state index in [0.29, 0.717) is 16.8 Å². The molecule has 0 saturated carbocycles. The van der Waals surface area contributed by atoms with E-state index in [-0.39, 0.29) is 12.3 Å². The maximum absolute atomic E-state index is 12.2. The molecular formula is C19H18N4O2. The van der Waals surface area contributed by atoms with Crippen molar-refractivity contribution in [3.63, 3.8) is 0 Å². The Balaban J connectivity index is 2.01. The minimum atomic E-state index is -0.345. The molecule has 3 aromatic rings. The quantitative estimate of drug-likeness (QED) is 0.686. The van der Waals surface area contributed by atoms with Gasteiger partial charge in [-0.15, -0.1) is 6.42 Å². The second-order valence-electron chi connectivity index (χ2n) is 5.80. The normalized spacial score (nSPS) is 10.5. The molecule has 0 bridgehead atoms. The van der Waals surface area contributed by atoms with Crippen molar-refractivity contribution >= 4 is 0 Å². The van der Waals surface area contributed by atoms with Crippen molar-refractivity contribution in [1.29, 1.82) is 0 Å². The Hall–Kier alpha value is -3.33. The summed E-state index contributed by atoms with van der Waals surface area (Å²) >= 11 is 0. The van der Waals surface area contributed by atoms with Crippen LogP contribution in [0.25, 0.3) is 5.69 Å². The summed E-state index contributed by atoms with van der Waals surface area (Å²) in [6.07, 6.45) is 5.63. The van der Waals surface area contributed by atoms with Gasteiger partial charge in [0.25, 0.3) is 0 Å². The number of nitrogens with zero attached hydrogens (tertiary/aromatic N) is 4. The van der Waals surface area contributed by atoms with Crippen molar-refractivity contribution in [2.45, 2.75) is 20.5 Å².